The SMILES string of the molecule is CC(=O)c1cccc(-c2ccnc3c2CC(C(=O)NCC2CC2)O3)c1. The minimum atomic E-state index is -0.529. The maximum atomic E-state index is 12.3. The second-order valence-corrected chi connectivity index (χ2v) is 6.78. The van der Waals surface area contributed by atoms with Crippen LogP contribution >= 0.6 is 0 Å². The number of nitrogens with zero attached hydrogens (tertiary/aromatic N) is 1. The van der Waals surface area contributed by atoms with E-state index in [4.69, 9.17) is 4.74 Å². The topological polar surface area (TPSA) is 68.3 Å². The lowest BCUT2D eigenvalue weighted by Gasteiger charge is -2.10. The molecule has 1 saturated carbocycles. The Morgan fingerprint density at radius 1 is 1.28 bits per heavy atom. The van der Waals surface area contributed by atoms with Crippen LogP contribution in [-0.2, 0) is 11.2 Å². The molecule has 128 valence electrons. The number of pyridine rings is 1. The first-order chi connectivity index (χ1) is 12.1. The number of aromatic nitrogens is 1. The molecule has 2 heterocycles. The summed E-state index contributed by atoms with van der Waals surface area (Å²) in [6, 6.07) is 9.42. The fraction of sp³-hybridized carbons (Fsp3) is 0.350. The van der Waals surface area contributed by atoms with Crippen LogP contribution in [0.5, 0.6) is 5.88 Å². The van der Waals surface area contributed by atoms with E-state index >= 15 is 0 Å². The highest BCUT2D eigenvalue weighted by atomic mass is 16.5. The van der Waals surface area contributed by atoms with E-state index in [0.29, 0.717) is 23.8 Å². The summed E-state index contributed by atoms with van der Waals surface area (Å²) in [5.74, 6) is 1.10. The van der Waals surface area contributed by atoms with E-state index in [1.165, 1.54) is 12.8 Å². The first-order valence-corrected chi connectivity index (χ1v) is 8.65. The summed E-state index contributed by atoms with van der Waals surface area (Å²) in [6.45, 7) is 2.29. The Bertz CT molecular complexity index is 843. The average molecular weight is 336 g/mol. The Balaban J connectivity index is 1.57. The molecule has 0 spiro atoms. The van der Waals surface area contributed by atoms with Gasteiger partial charge >= 0.3 is 0 Å². The predicted octanol–water partition coefficient (Wildman–Crippen LogP) is 2.78. The summed E-state index contributed by atoms with van der Waals surface area (Å²) in [7, 11) is 0. The van der Waals surface area contributed by atoms with Crippen molar-refractivity contribution < 1.29 is 14.3 Å². The Kier molecular flexibility index (Phi) is 3.99. The molecule has 1 aromatic carbocycles. The van der Waals surface area contributed by atoms with Crippen LogP contribution in [0.15, 0.2) is 36.5 Å². The summed E-state index contributed by atoms with van der Waals surface area (Å²) in [4.78, 5) is 28.2. The van der Waals surface area contributed by atoms with E-state index in [-0.39, 0.29) is 11.7 Å². The number of amides is 1. The Labute approximate surface area is 146 Å². The van der Waals surface area contributed by atoms with Crippen LogP contribution in [0.3, 0.4) is 0 Å². The zero-order valence-corrected chi connectivity index (χ0v) is 14.1. The van der Waals surface area contributed by atoms with Crippen LogP contribution in [-0.4, -0.2) is 29.3 Å². The minimum absolute atomic E-state index is 0.0288. The highest BCUT2D eigenvalue weighted by Gasteiger charge is 2.33. The minimum Gasteiger partial charge on any atom is -0.464 e. The van der Waals surface area contributed by atoms with E-state index in [0.717, 1.165) is 23.2 Å². The monoisotopic (exact) mass is 336 g/mol. The van der Waals surface area contributed by atoms with Gasteiger partial charge < -0.3 is 10.1 Å². The molecule has 1 aliphatic carbocycles. The van der Waals surface area contributed by atoms with E-state index in [2.05, 4.69) is 10.3 Å². The average Bonchev–Trinajstić information content (AvgIpc) is 3.35. The number of hydrogen-bond acceptors (Lipinski definition) is 4. The van der Waals surface area contributed by atoms with Crippen molar-refractivity contribution in [2.45, 2.75) is 32.3 Å². The quantitative estimate of drug-likeness (QED) is 0.853. The van der Waals surface area contributed by atoms with Gasteiger partial charge in [-0.1, -0.05) is 18.2 Å². The van der Waals surface area contributed by atoms with Gasteiger partial charge in [-0.25, -0.2) is 4.98 Å². The number of benzene rings is 1. The number of rotatable bonds is 5. The number of Topliss-reactive ketones (excluding diaryl/α,β-unsaturated/α-hetero) is 1. The third kappa shape index (κ3) is 3.27. The molecule has 1 amide bonds. The number of fused-ring (bicyclic) bond motifs is 1. The molecule has 1 fully saturated rings. The number of ether oxygens (including phenoxy) is 1. The molecule has 0 bridgehead atoms. The van der Waals surface area contributed by atoms with Crippen molar-refractivity contribution in [1.82, 2.24) is 10.3 Å². The maximum absolute atomic E-state index is 12.3. The van der Waals surface area contributed by atoms with Gasteiger partial charge in [-0.15, -0.1) is 0 Å². The van der Waals surface area contributed by atoms with Crippen LogP contribution in [0.2, 0.25) is 0 Å². The first kappa shape index (κ1) is 15.8. The van der Waals surface area contributed by atoms with Gasteiger partial charge in [0.05, 0.1) is 0 Å². The predicted molar refractivity (Wildman–Crippen MR) is 93.5 cm³/mol. The van der Waals surface area contributed by atoms with Crippen LogP contribution in [0, 0.1) is 5.92 Å². The van der Waals surface area contributed by atoms with Gasteiger partial charge in [-0.05, 0) is 48.9 Å². The van der Waals surface area contributed by atoms with Crippen LogP contribution in [0.1, 0.15) is 35.7 Å². The summed E-state index contributed by atoms with van der Waals surface area (Å²) in [5.41, 5.74) is 3.50. The number of ketones is 1. The molecule has 5 heteroatoms. The van der Waals surface area contributed by atoms with Crippen molar-refractivity contribution in [3.05, 3.63) is 47.7 Å². The van der Waals surface area contributed by atoms with Crippen LogP contribution in [0.4, 0.5) is 0 Å². The number of nitrogens with one attached hydrogen (secondary N) is 1. The van der Waals surface area contributed by atoms with E-state index in [1.54, 1.807) is 19.2 Å². The van der Waals surface area contributed by atoms with Gasteiger partial charge in [0.15, 0.2) is 11.9 Å². The Hall–Kier alpha value is -2.69. The van der Waals surface area contributed by atoms with Gasteiger partial charge in [0.2, 0.25) is 5.88 Å². The van der Waals surface area contributed by atoms with Crippen molar-refractivity contribution in [3.63, 3.8) is 0 Å². The molecule has 4 rings (SSSR count). The highest BCUT2D eigenvalue weighted by molar-refractivity contribution is 5.95. The van der Waals surface area contributed by atoms with E-state index in [9.17, 15) is 9.59 Å². The van der Waals surface area contributed by atoms with Crippen molar-refractivity contribution >= 4 is 11.7 Å². The molecule has 0 saturated heterocycles. The third-order valence-corrected chi connectivity index (χ3v) is 4.79. The molecule has 1 aliphatic heterocycles. The lowest BCUT2D eigenvalue weighted by atomic mass is 9.96. The second-order valence-electron chi connectivity index (χ2n) is 6.78. The highest BCUT2D eigenvalue weighted by Crippen LogP contribution is 2.35. The second kappa shape index (κ2) is 6.31. The molecule has 0 radical (unpaired) electrons. The molecule has 5 nitrogen and oxygen atoms in total. The van der Waals surface area contributed by atoms with Crippen molar-refractivity contribution in [1.29, 1.82) is 0 Å². The molecule has 1 aromatic heterocycles. The lowest BCUT2D eigenvalue weighted by molar-refractivity contribution is -0.127. The maximum Gasteiger partial charge on any atom is 0.261 e. The van der Waals surface area contributed by atoms with Crippen LogP contribution in [0.25, 0.3) is 11.1 Å². The van der Waals surface area contributed by atoms with Gasteiger partial charge in [0.1, 0.15) is 0 Å². The van der Waals surface area contributed by atoms with E-state index in [1.807, 2.05) is 24.3 Å². The van der Waals surface area contributed by atoms with Crippen molar-refractivity contribution in [2.75, 3.05) is 6.54 Å². The van der Waals surface area contributed by atoms with Gasteiger partial charge in [0.25, 0.3) is 5.91 Å². The Morgan fingerprint density at radius 2 is 2.12 bits per heavy atom. The van der Waals surface area contributed by atoms with Crippen LogP contribution < -0.4 is 10.1 Å². The fourth-order valence-corrected chi connectivity index (χ4v) is 3.14. The fourth-order valence-electron chi connectivity index (χ4n) is 3.14. The summed E-state index contributed by atoms with van der Waals surface area (Å²) >= 11 is 0. The largest absolute Gasteiger partial charge is 0.464 e. The van der Waals surface area contributed by atoms with Gasteiger partial charge in [0, 0.05) is 30.3 Å². The molecule has 25 heavy (non-hydrogen) atoms. The number of hydrogen-bond donors (Lipinski definition) is 1. The molecule has 2 aromatic rings. The first-order valence-electron chi connectivity index (χ1n) is 8.65. The molecule has 1 unspecified atom stereocenters. The normalized spacial score (nSPS) is 18.4. The Morgan fingerprint density at radius 3 is 2.88 bits per heavy atom. The third-order valence-electron chi connectivity index (χ3n) is 4.79. The molecule has 2 aliphatic rings. The molecule has 1 atom stereocenters. The number of carbonyl (C=O) groups excluding carboxylic acids is 2. The zero-order chi connectivity index (χ0) is 17.4. The smallest absolute Gasteiger partial charge is 0.261 e. The lowest BCUT2D eigenvalue weighted by Crippen LogP contribution is -2.38. The molecular formula is C20H20N2O3. The molecule has 1 N–H and O–H groups in total. The van der Waals surface area contributed by atoms with Crippen molar-refractivity contribution in [3.8, 4) is 17.0 Å². The summed E-state index contributed by atoms with van der Waals surface area (Å²) in [5, 5.41) is 2.97. The van der Waals surface area contributed by atoms with E-state index < -0.39 is 6.10 Å². The van der Waals surface area contributed by atoms with Crippen molar-refractivity contribution in [2.24, 2.45) is 5.92 Å². The van der Waals surface area contributed by atoms with Gasteiger partial charge in [-0.3, -0.25) is 9.59 Å². The summed E-state index contributed by atoms with van der Waals surface area (Å²) < 4.78 is 5.77. The molecular weight excluding hydrogens is 316 g/mol. The summed E-state index contributed by atoms with van der Waals surface area (Å²) in [6.07, 6.45) is 4.05. The van der Waals surface area contributed by atoms with Gasteiger partial charge in [-0.2, -0.15) is 0 Å². The standard InChI is InChI=1S/C20H20N2O3/c1-12(23)14-3-2-4-15(9-14)16-7-8-21-20-17(16)10-18(25-20)19(24)22-11-13-5-6-13/h2-4,7-9,13,18H,5-6,10-11H2,1H3,(H,22,24). The number of carbonyl (C=O) groups is 2. The zero-order valence-electron chi connectivity index (χ0n) is 14.1.